The van der Waals surface area contributed by atoms with E-state index in [1.165, 1.54) is 17.0 Å². The highest BCUT2D eigenvalue weighted by Gasteiger charge is 2.31. The quantitative estimate of drug-likeness (QED) is 0.191. The molecule has 222 valence electrons. The van der Waals surface area contributed by atoms with Gasteiger partial charge in [-0.3, -0.25) is 20.3 Å². The molecule has 43 heavy (non-hydrogen) atoms. The Kier molecular flexibility index (Phi) is 8.00. The highest BCUT2D eigenvalue weighted by molar-refractivity contribution is 7.22. The Morgan fingerprint density at radius 2 is 1.70 bits per heavy atom. The second kappa shape index (κ2) is 11.7. The fourth-order valence-corrected chi connectivity index (χ4v) is 4.91. The van der Waals surface area contributed by atoms with E-state index in [1.807, 2.05) is 24.3 Å². The number of hydrogen-bond donors (Lipinski definition) is 3. The molecule has 0 aliphatic rings. The summed E-state index contributed by atoms with van der Waals surface area (Å²) in [4.78, 5) is 31.9. The summed E-state index contributed by atoms with van der Waals surface area (Å²) in [5, 5.41) is 18.5. The minimum absolute atomic E-state index is 0.0366. The lowest BCUT2D eigenvalue weighted by Crippen LogP contribution is -2.34. The number of nitrogens with zero attached hydrogens (tertiary/aromatic N) is 5. The Morgan fingerprint density at radius 1 is 0.977 bits per heavy atom. The number of carbonyl (C=O) groups is 2. The number of hydrogen-bond acceptors (Lipinski definition) is 8. The van der Waals surface area contributed by atoms with Crippen molar-refractivity contribution in [1.82, 2.24) is 25.6 Å². The van der Waals surface area contributed by atoms with Crippen LogP contribution in [0.1, 0.15) is 42.3 Å². The number of anilines is 3. The van der Waals surface area contributed by atoms with Crippen LogP contribution < -0.4 is 20.3 Å². The van der Waals surface area contributed by atoms with Crippen molar-refractivity contribution in [2.75, 3.05) is 15.5 Å². The Bertz CT molecular complexity index is 1730. The van der Waals surface area contributed by atoms with Crippen molar-refractivity contribution in [1.29, 1.82) is 0 Å². The lowest BCUT2D eigenvalue weighted by molar-refractivity contribution is -0.274. The molecule has 2 aromatic heterocycles. The fourth-order valence-electron chi connectivity index (χ4n) is 4.07. The van der Waals surface area contributed by atoms with Crippen LogP contribution in [-0.4, -0.2) is 43.9 Å². The van der Waals surface area contributed by atoms with E-state index in [4.69, 9.17) is 0 Å². The average molecular weight is 611 g/mol. The van der Waals surface area contributed by atoms with Crippen molar-refractivity contribution in [2.24, 2.45) is 0 Å². The summed E-state index contributed by atoms with van der Waals surface area (Å²) in [5.41, 5.74) is 2.91. The molecule has 15 heteroatoms. The maximum absolute atomic E-state index is 13.6. The average Bonchev–Trinajstić information content (AvgIpc) is 3.60. The van der Waals surface area contributed by atoms with Crippen molar-refractivity contribution in [2.45, 2.75) is 39.1 Å². The normalized spacial score (nSPS) is 11.8. The summed E-state index contributed by atoms with van der Waals surface area (Å²) in [6, 6.07) is 17.5. The zero-order valence-electron chi connectivity index (χ0n) is 23.1. The van der Waals surface area contributed by atoms with E-state index in [0.717, 1.165) is 28.5 Å². The van der Waals surface area contributed by atoms with Crippen LogP contribution in [0.5, 0.6) is 5.75 Å². The molecular formula is C28H25F3N8O3S. The van der Waals surface area contributed by atoms with Gasteiger partial charge in [0.25, 0.3) is 11.9 Å². The van der Waals surface area contributed by atoms with Crippen LogP contribution in [0.3, 0.4) is 0 Å². The number of benzene rings is 3. The van der Waals surface area contributed by atoms with Crippen LogP contribution in [0.2, 0.25) is 0 Å². The number of thiazole rings is 1. The molecule has 0 saturated heterocycles. The molecule has 0 aliphatic heterocycles. The molecule has 5 aromatic rings. The van der Waals surface area contributed by atoms with Crippen molar-refractivity contribution in [3.8, 4) is 5.75 Å². The van der Waals surface area contributed by atoms with Gasteiger partial charge in [-0.05, 0) is 58.2 Å². The smallest absolute Gasteiger partial charge is 0.406 e. The molecular weight excluding hydrogens is 585 g/mol. The number of halogens is 3. The largest absolute Gasteiger partial charge is 0.573 e. The number of alkyl halides is 3. The summed E-state index contributed by atoms with van der Waals surface area (Å²) in [7, 11) is 0. The monoisotopic (exact) mass is 610 g/mol. The maximum Gasteiger partial charge on any atom is 0.573 e. The van der Waals surface area contributed by atoms with Gasteiger partial charge in [-0.1, -0.05) is 61.5 Å². The molecule has 0 fully saturated rings. The van der Waals surface area contributed by atoms with Gasteiger partial charge in [-0.25, -0.2) is 9.78 Å². The minimum Gasteiger partial charge on any atom is -0.406 e. The number of aromatic nitrogens is 5. The summed E-state index contributed by atoms with van der Waals surface area (Å²) in [6.07, 6.45) is -4.83. The Balaban J connectivity index is 1.37. The van der Waals surface area contributed by atoms with E-state index in [-0.39, 0.29) is 28.6 Å². The molecule has 0 bridgehead atoms. The molecule has 0 spiro atoms. The predicted molar refractivity (Wildman–Crippen MR) is 155 cm³/mol. The third-order valence-electron chi connectivity index (χ3n) is 6.22. The van der Waals surface area contributed by atoms with E-state index in [9.17, 15) is 22.8 Å². The Labute approximate surface area is 247 Å². The van der Waals surface area contributed by atoms with Crippen molar-refractivity contribution < 1.29 is 27.5 Å². The SMILES string of the molecule is CC(C)(C)c1ccc(N(Cc2ccc(C(=O)Nc3nn[nH]n3)cc2)C(=O)Nc2nc3cc(OC(F)(F)F)ccc3s2)cc1. The minimum atomic E-state index is -4.83. The molecule has 0 aliphatic carbocycles. The number of rotatable bonds is 7. The topological polar surface area (TPSA) is 138 Å². The van der Waals surface area contributed by atoms with E-state index >= 15 is 0 Å². The first-order valence-corrected chi connectivity index (χ1v) is 13.6. The lowest BCUT2D eigenvalue weighted by Gasteiger charge is -2.25. The number of tetrazole rings is 1. The molecule has 0 radical (unpaired) electrons. The van der Waals surface area contributed by atoms with Gasteiger partial charge in [0.05, 0.1) is 16.8 Å². The Hall–Kier alpha value is -5.05. The number of ether oxygens (including phenoxy) is 1. The zero-order chi connectivity index (χ0) is 30.8. The van der Waals surface area contributed by atoms with Crippen molar-refractivity contribution in [3.05, 3.63) is 83.4 Å². The second-order valence-corrected chi connectivity index (χ2v) is 11.4. The number of urea groups is 1. The maximum atomic E-state index is 13.6. The van der Waals surface area contributed by atoms with Gasteiger partial charge >= 0.3 is 12.4 Å². The van der Waals surface area contributed by atoms with E-state index < -0.39 is 24.1 Å². The molecule has 0 atom stereocenters. The van der Waals surface area contributed by atoms with Crippen LogP contribution in [0.4, 0.5) is 34.7 Å². The van der Waals surface area contributed by atoms with Crippen molar-refractivity contribution in [3.63, 3.8) is 0 Å². The Morgan fingerprint density at radius 3 is 2.33 bits per heavy atom. The third-order valence-corrected chi connectivity index (χ3v) is 7.18. The van der Waals surface area contributed by atoms with Crippen molar-refractivity contribution >= 4 is 50.3 Å². The van der Waals surface area contributed by atoms with Crippen LogP contribution >= 0.6 is 11.3 Å². The summed E-state index contributed by atoms with van der Waals surface area (Å²) >= 11 is 1.12. The van der Waals surface area contributed by atoms with Crippen LogP contribution in [-0.2, 0) is 12.0 Å². The van der Waals surface area contributed by atoms with Gasteiger partial charge in [0.2, 0.25) is 0 Å². The molecule has 2 heterocycles. The first-order chi connectivity index (χ1) is 20.3. The van der Waals surface area contributed by atoms with Gasteiger partial charge in [-0.15, -0.1) is 18.3 Å². The van der Waals surface area contributed by atoms with Crippen LogP contribution in [0, 0.1) is 0 Å². The summed E-state index contributed by atoms with van der Waals surface area (Å²) < 4.78 is 42.5. The number of nitrogens with one attached hydrogen (secondary N) is 3. The molecule has 3 amide bonds. The zero-order valence-corrected chi connectivity index (χ0v) is 23.9. The lowest BCUT2D eigenvalue weighted by atomic mass is 9.87. The first-order valence-electron chi connectivity index (χ1n) is 12.8. The van der Waals surface area contributed by atoms with Gasteiger partial charge in [0.15, 0.2) is 5.13 Å². The standard InChI is InChI=1S/C28H25F3N8O3S/c1-27(2,3)18-8-10-19(11-9-18)39(15-16-4-6-17(7-5-16)23(40)33-24-35-37-38-36-24)26(41)34-25-32-21-14-20(42-28(29,30)31)12-13-22(21)43-25/h4-14H,15H2,1-3H3,(H,32,34,41)(H2,33,35,36,37,38,40). The molecule has 3 aromatic carbocycles. The van der Waals surface area contributed by atoms with E-state index in [1.54, 1.807) is 24.3 Å². The summed E-state index contributed by atoms with van der Waals surface area (Å²) in [6.45, 7) is 6.39. The van der Waals surface area contributed by atoms with E-state index in [2.05, 4.69) is 61.7 Å². The van der Waals surface area contributed by atoms with E-state index in [0.29, 0.717) is 16.0 Å². The third kappa shape index (κ3) is 7.43. The number of fused-ring (bicyclic) bond motifs is 1. The van der Waals surface area contributed by atoms with Gasteiger partial charge < -0.3 is 4.74 Å². The van der Waals surface area contributed by atoms with Gasteiger partial charge in [0.1, 0.15) is 5.75 Å². The second-order valence-electron chi connectivity index (χ2n) is 10.4. The summed E-state index contributed by atoms with van der Waals surface area (Å²) in [5.74, 6) is -0.798. The molecule has 5 rings (SSSR count). The number of aromatic amines is 1. The number of amides is 3. The van der Waals surface area contributed by atoms with Gasteiger partial charge in [-0.2, -0.15) is 5.21 Å². The highest BCUT2D eigenvalue weighted by atomic mass is 32.1. The van der Waals surface area contributed by atoms with Crippen LogP contribution in [0.15, 0.2) is 66.7 Å². The molecule has 11 nitrogen and oxygen atoms in total. The predicted octanol–water partition coefficient (Wildman–Crippen LogP) is 6.50. The highest BCUT2D eigenvalue weighted by Crippen LogP contribution is 2.32. The fraction of sp³-hybridized carbons (Fsp3) is 0.214. The molecule has 0 unspecified atom stereocenters. The van der Waals surface area contributed by atoms with Crippen LogP contribution in [0.25, 0.3) is 10.2 Å². The van der Waals surface area contributed by atoms with Gasteiger partial charge in [0, 0.05) is 17.3 Å². The number of H-pyrrole nitrogens is 1. The molecule has 0 saturated carbocycles. The number of carbonyl (C=O) groups excluding carboxylic acids is 2. The first kappa shape index (κ1) is 29.4. The molecule has 3 N–H and O–H groups in total.